The quantitative estimate of drug-likeness (QED) is 0.627. The Morgan fingerprint density at radius 2 is 2.58 bits per heavy atom. The molecule has 1 aromatic rings. The van der Waals surface area contributed by atoms with Crippen LogP contribution in [0.25, 0.3) is 0 Å². The van der Waals surface area contributed by atoms with Gasteiger partial charge in [-0.05, 0) is 25.4 Å². The van der Waals surface area contributed by atoms with Gasteiger partial charge in [-0.2, -0.15) is 0 Å². The summed E-state index contributed by atoms with van der Waals surface area (Å²) in [7, 11) is 0. The molecule has 1 aliphatic heterocycles. The first-order valence-corrected chi connectivity index (χ1v) is 4.09. The molecule has 5 nitrogen and oxygen atoms in total. The average Bonchev–Trinajstić information content (AvgIpc) is 2.63. The summed E-state index contributed by atoms with van der Waals surface area (Å²) in [5, 5.41) is 9.24. The van der Waals surface area contributed by atoms with E-state index in [0.717, 1.165) is 25.9 Å². The maximum atomic E-state index is 10.6. The third-order valence-electron chi connectivity index (χ3n) is 2.11. The van der Waals surface area contributed by atoms with Gasteiger partial charge in [0.2, 0.25) is 5.89 Å². The fraction of sp³-hybridized carbons (Fsp3) is 0.714. The molecule has 1 aliphatic rings. The van der Waals surface area contributed by atoms with Crippen LogP contribution in [-0.2, 0) is 6.42 Å². The van der Waals surface area contributed by atoms with E-state index in [4.69, 9.17) is 4.42 Å². The Hall–Kier alpha value is -1.10. The predicted molar refractivity (Wildman–Crippen MR) is 41.8 cm³/mol. The van der Waals surface area contributed by atoms with E-state index in [1.165, 1.54) is 0 Å². The van der Waals surface area contributed by atoms with Crippen LogP contribution in [0.4, 0.5) is 0 Å². The van der Waals surface area contributed by atoms with Crippen molar-refractivity contribution in [3.63, 3.8) is 0 Å². The summed E-state index contributed by atoms with van der Waals surface area (Å²) in [6.45, 7) is 2.05. The molecule has 0 spiro atoms. The van der Waals surface area contributed by atoms with Crippen LogP contribution in [0, 0.1) is 5.92 Å². The highest BCUT2D eigenvalue weighted by Crippen LogP contribution is 2.11. The highest BCUT2D eigenvalue weighted by molar-refractivity contribution is 4.82. The third kappa shape index (κ3) is 1.55. The summed E-state index contributed by atoms with van der Waals surface area (Å²) < 4.78 is 4.80. The van der Waals surface area contributed by atoms with Crippen molar-refractivity contribution in [3.8, 4) is 0 Å². The van der Waals surface area contributed by atoms with Gasteiger partial charge >= 0.3 is 5.76 Å². The molecular formula is C7H11N3O2. The Balaban J connectivity index is 1.98. The minimum Gasteiger partial charge on any atom is -0.392 e. The van der Waals surface area contributed by atoms with Gasteiger partial charge in [0.15, 0.2) is 0 Å². The first kappa shape index (κ1) is 7.54. The van der Waals surface area contributed by atoms with Gasteiger partial charge in [-0.3, -0.25) is 0 Å². The van der Waals surface area contributed by atoms with Crippen LogP contribution in [0.15, 0.2) is 9.21 Å². The van der Waals surface area contributed by atoms with Gasteiger partial charge in [0.1, 0.15) is 0 Å². The number of nitrogens with one attached hydrogen (secondary N) is 2. The lowest BCUT2D eigenvalue weighted by atomic mass is 10.1. The molecule has 0 aliphatic carbocycles. The number of hydrogen-bond donors (Lipinski definition) is 2. The van der Waals surface area contributed by atoms with E-state index in [0.29, 0.717) is 11.8 Å². The maximum absolute atomic E-state index is 10.6. The summed E-state index contributed by atoms with van der Waals surface area (Å²) >= 11 is 0. The van der Waals surface area contributed by atoms with Crippen molar-refractivity contribution in [1.29, 1.82) is 0 Å². The zero-order valence-electron chi connectivity index (χ0n) is 6.67. The van der Waals surface area contributed by atoms with E-state index < -0.39 is 5.76 Å². The molecule has 0 saturated carbocycles. The van der Waals surface area contributed by atoms with Crippen LogP contribution in [0.5, 0.6) is 0 Å². The SMILES string of the molecule is O=c1[nH]nc(CC2CCNC2)o1. The number of aromatic nitrogens is 2. The average molecular weight is 169 g/mol. The molecule has 66 valence electrons. The molecule has 2 N–H and O–H groups in total. The van der Waals surface area contributed by atoms with Gasteiger partial charge in [0, 0.05) is 6.42 Å². The molecule has 0 radical (unpaired) electrons. The Morgan fingerprint density at radius 1 is 1.67 bits per heavy atom. The fourth-order valence-electron chi connectivity index (χ4n) is 1.48. The first-order valence-electron chi connectivity index (χ1n) is 4.09. The highest BCUT2D eigenvalue weighted by atomic mass is 16.4. The monoisotopic (exact) mass is 169 g/mol. The van der Waals surface area contributed by atoms with Crippen molar-refractivity contribution < 1.29 is 4.42 Å². The van der Waals surface area contributed by atoms with Gasteiger partial charge in [-0.1, -0.05) is 0 Å². The van der Waals surface area contributed by atoms with Gasteiger partial charge in [-0.15, -0.1) is 5.10 Å². The lowest BCUT2D eigenvalue weighted by Gasteiger charge is -2.01. The van der Waals surface area contributed by atoms with E-state index in [1.807, 2.05) is 0 Å². The number of aromatic amines is 1. The minimum atomic E-state index is -0.462. The molecule has 0 amide bonds. The van der Waals surface area contributed by atoms with Crippen molar-refractivity contribution in [3.05, 3.63) is 16.4 Å². The standard InChI is InChI=1S/C7H11N3O2/c11-7-10-9-6(12-7)3-5-1-2-8-4-5/h5,8H,1-4H2,(H,10,11). The van der Waals surface area contributed by atoms with Gasteiger partial charge in [0.05, 0.1) is 0 Å². The lowest BCUT2D eigenvalue weighted by molar-refractivity contribution is 0.422. The largest absolute Gasteiger partial charge is 0.434 e. The molecule has 1 atom stereocenters. The second-order valence-electron chi connectivity index (χ2n) is 3.07. The molecule has 1 saturated heterocycles. The Labute approximate surface area is 69.2 Å². The zero-order valence-corrected chi connectivity index (χ0v) is 6.67. The van der Waals surface area contributed by atoms with Crippen LogP contribution in [0.2, 0.25) is 0 Å². The first-order chi connectivity index (χ1) is 5.84. The lowest BCUT2D eigenvalue weighted by Crippen LogP contribution is -2.10. The molecule has 5 heteroatoms. The minimum absolute atomic E-state index is 0.462. The molecule has 1 aromatic heterocycles. The molecule has 1 unspecified atom stereocenters. The van der Waals surface area contributed by atoms with Gasteiger partial charge < -0.3 is 9.73 Å². The van der Waals surface area contributed by atoms with Gasteiger partial charge in [0.25, 0.3) is 0 Å². The van der Waals surface area contributed by atoms with Crippen molar-refractivity contribution in [1.82, 2.24) is 15.5 Å². The summed E-state index contributed by atoms with van der Waals surface area (Å²) in [5.74, 6) is 0.626. The van der Waals surface area contributed by atoms with E-state index >= 15 is 0 Å². The van der Waals surface area contributed by atoms with Crippen molar-refractivity contribution in [2.24, 2.45) is 5.92 Å². The molecule has 1 fully saturated rings. The summed E-state index contributed by atoms with van der Waals surface area (Å²) in [5.41, 5.74) is 0. The van der Waals surface area contributed by atoms with Crippen LogP contribution >= 0.6 is 0 Å². The molecular weight excluding hydrogens is 158 g/mol. The van der Waals surface area contributed by atoms with Crippen LogP contribution < -0.4 is 11.1 Å². The Morgan fingerprint density at radius 3 is 3.17 bits per heavy atom. The summed E-state index contributed by atoms with van der Waals surface area (Å²) in [4.78, 5) is 10.6. The van der Waals surface area contributed by atoms with E-state index in [2.05, 4.69) is 15.5 Å². The van der Waals surface area contributed by atoms with Gasteiger partial charge in [-0.25, -0.2) is 9.89 Å². The second kappa shape index (κ2) is 3.10. The van der Waals surface area contributed by atoms with E-state index in [9.17, 15) is 4.79 Å². The van der Waals surface area contributed by atoms with Crippen LogP contribution in [-0.4, -0.2) is 23.3 Å². The number of rotatable bonds is 2. The zero-order chi connectivity index (χ0) is 8.39. The molecule has 2 rings (SSSR count). The molecule has 0 bridgehead atoms. The number of nitrogens with zero attached hydrogens (tertiary/aromatic N) is 1. The molecule has 0 aromatic carbocycles. The number of hydrogen-bond acceptors (Lipinski definition) is 4. The third-order valence-corrected chi connectivity index (χ3v) is 2.11. The predicted octanol–water partition coefficient (Wildman–Crippen LogP) is -0.485. The Bertz CT molecular complexity index is 298. The van der Waals surface area contributed by atoms with E-state index in [1.54, 1.807) is 0 Å². The van der Waals surface area contributed by atoms with Crippen molar-refractivity contribution >= 4 is 0 Å². The van der Waals surface area contributed by atoms with Crippen LogP contribution in [0.1, 0.15) is 12.3 Å². The Kier molecular flexibility index (Phi) is 1.95. The van der Waals surface area contributed by atoms with Crippen LogP contribution in [0.3, 0.4) is 0 Å². The fourth-order valence-corrected chi connectivity index (χ4v) is 1.48. The van der Waals surface area contributed by atoms with Crippen molar-refractivity contribution in [2.75, 3.05) is 13.1 Å². The summed E-state index contributed by atoms with van der Waals surface area (Å²) in [6.07, 6.45) is 1.89. The highest BCUT2D eigenvalue weighted by Gasteiger charge is 2.17. The second-order valence-corrected chi connectivity index (χ2v) is 3.07. The maximum Gasteiger partial charge on any atom is 0.434 e. The molecule has 12 heavy (non-hydrogen) atoms. The topological polar surface area (TPSA) is 70.9 Å². The number of H-pyrrole nitrogens is 1. The van der Waals surface area contributed by atoms with Crippen molar-refractivity contribution in [2.45, 2.75) is 12.8 Å². The normalized spacial score (nSPS) is 23.2. The molecule has 2 heterocycles. The smallest absolute Gasteiger partial charge is 0.392 e. The van der Waals surface area contributed by atoms with E-state index in [-0.39, 0.29) is 0 Å². The summed E-state index contributed by atoms with van der Waals surface area (Å²) in [6, 6.07) is 0.